The predicted octanol–water partition coefficient (Wildman–Crippen LogP) is -0.757. The third-order valence-electron chi connectivity index (χ3n) is 5.03. The van der Waals surface area contributed by atoms with Crippen molar-refractivity contribution in [1.82, 2.24) is 15.5 Å². The molecule has 1 rings (SSSR count). The largest absolute Gasteiger partial charge is 0.481 e. The second-order valence-corrected chi connectivity index (χ2v) is 8.79. The van der Waals surface area contributed by atoms with Crippen molar-refractivity contribution >= 4 is 41.4 Å². The molecular weight excluding hydrogens is 428 g/mol. The molecule has 0 aliphatic carbocycles. The third-order valence-corrected chi connectivity index (χ3v) is 5.67. The molecule has 0 saturated carbocycles. The first-order valence-electron chi connectivity index (χ1n) is 10.1. The maximum atomic E-state index is 12.8. The molecule has 31 heavy (non-hydrogen) atoms. The highest BCUT2D eigenvalue weighted by molar-refractivity contribution is 7.98. The van der Waals surface area contributed by atoms with E-state index in [1.54, 1.807) is 13.8 Å². The molecule has 0 aromatic rings. The number of nitrogens with two attached hydrogens (primary N) is 1. The molecule has 1 aliphatic heterocycles. The van der Waals surface area contributed by atoms with Crippen LogP contribution in [0.2, 0.25) is 0 Å². The van der Waals surface area contributed by atoms with Crippen LogP contribution >= 0.6 is 11.8 Å². The third kappa shape index (κ3) is 8.02. The van der Waals surface area contributed by atoms with Gasteiger partial charge in [0, 0.05) is 6.54 Å². The molecule has 0 bridgehead atoms. The number of amides is 3. The van der Waals surface area contributed by atoms with Gasteiger partial charge in [-0.2, -0.15) is 11.8 Å². The Morgan fingerprint density at radius 1 is 1.13 bits per heavy atom. The van der Waals surface area contributed by atoms with E-state index < -0.39 is 60.2 Å². The van der Waals surface area contributed by atoms with Gasteiger partial charge in [-0.15, -0.1) is 0 Å². The quantitative estimate of drug-likeness (QED) is 0.250. The van der Waals surface area contributed by atoms with E-state index in [0.717, 1.165) is 4.90 Å². The molecule has 0 aromatic heterocycles. The fourth-order valence-corrected chi connectivity index (χ4v) is 3.78. The first-order chi connectivity index (χ1) is 14.5. The average Bonchev–Trinajstić information content (AvgIpc) is 3.18. The fourth-order valence-electron chi connectivity index (χ4n) is 3.29. The molecule has 12 heteroatoms. The minimum absolute atomic E-state index is 0.163. The van der Waals surface area contributed by atoms with Gasteiger partial charge in [-0.3, -0.25) is 19.2 Å². The van der Waals surface area contributed by atoms with Crippen LogP contribution in [0.15, 0.2) is 0 Å². The van der Waals surface area contributed by atoms with Gasteiger partial charge in [0.1, 0.15) is 18.1 Å². The Morgan fingerprint density at radius 2 is 1.77 bits per heavy atom. The minimum atomic E-state index is -1.45. The Bertz CT molecular complexity index is 688. The molecule has 1 aliphatic rings. The number of hydrogen-bond donors (Lipinski definition) is 5. The first-order valence-corrected chi connectivity index (χ1v) is 11.5. The van der Waals surface area contributed by atoms with Gasteiger partial charge in [0.15, 0.2) is 0 Å². The minimum Gasteiger partial charge on any atom is -0.481 e. The van der Waals surface area contributed by atoms with Gasteiger partial charge in [0.05, 0.1) is 12.5 Å². The molecule has 176 valence electrons. The molecule has 0 radical (unpaired) electrons. The van der Waals surface area contributed by atoms with Gasteiger partial charge in [0.25, 0.3) is 0 Å². The van der Waals surface area contributed by atoms with Gasteiger partial charge in [-0.1, -0.05) is 13.8 Å². The van der Waals surface area contributed by atoms with Crippen molar-refractivity contribution < 1.29 is 34.2 Å². The molecule has 0 aromatic carbocycles. The number of aliphatic carboxylic acids is 2. The van der Waals surface area contributed by atoms with Gasteiger partial charge in [-0.25, -0.2) is 4.79 Å². The van der Waals surface area contributed by atoms with E-state index in [1.807, 2.05) is 6.26 Å². The first kappa shape index (κ1) is 26.7. The lowest BCUT2D eigenvalue weighted by Gasteiger charge is -2.29. The van der Waals surface area contributed by atoms with Crippen LogP contribution in [-0.2, 0) is 24.0 Å². The lowest BCUT2D eigenvalue weighted by molar-refractivity contribution is -0.150. The summed E-state index contributed by atoms with van der Waals surface area (Å²) in [7, 11) is 0. The highest BCUT2D eigenvalue weighted by Crippen LogP contribution is 2.19. The van der Waals surface area contributed by atoms with Crippen LogP contribution in [-0.4, -0.2) is 87.5 Å². The Labute approximate surface area is 185 Å². The van der Waals surface area contributed by atoms with E-state index >= 15 is 0 Å². The highest BCUT2D eigenvalue weighted by atomic mass is 32.2. The number of carbonyl (C=O) groups is 5. The summed E-state index contributed by atoms with van der Waals surface area (Å²) in [5, 5.41) is 23.4. The van der Waals surface area contributed by atoms with E-state index in [4.69, 9.17) is 5.73 Å². The van der Waals surface area contributed by atoms with Crippen LogP contribution in [0, 0.1) is 5.92 Å². The average molecular weight is 461 g/mol. The number of rotatable bonds is 12. The summed E-state index contributed by atoms with van der Waals surface area (Å²) in [4.78, 5) is 61.7. The Morgan fingerprint density at radius 3 is 2.29 bits per heavy atom. The number of nitrogens with zero attached hydrogens (tertiary/aromatic N) is 1. The van der Waals surface area contributed by atoms with Crippen molar-refractivity contribution in [3.63, 3.8) is 0 Å². The lowest BCUT2D eigenvalue weighted by Crippen LogP contribution is -2.58. The van der Waals surface area contributed by atoms with Crippen molar-refractivity contribution in [1.29, 1.82) is 0 Å². The molecular formula is C19H32N4O7S. The predicted molar refractivity (Wildman–Crippen MR) is 114 cm³/mol. The smallest absolute Gasteiger partial charge is 0.326 e. The summed E-state index contributed by atoms with van der Waals surface area (Å²) in [5.41, 5.74) is 5.84. The SMILES string of the molecule is CSCCC(N)C(=O)NC(C(=O)NC(CC(=O)O)C(=O)N1CCCC1C(=O)O)C(C)C. The van der Waals surface area contributed by atoms with Crippen LogP contribution < -0.4 is 16.4 Å². The maximum Gasteiger partial charge on any atom is 0.326 e. The topological polar surface area (TPSA) is 179 Å². The van der Waals surface area contributed by atoms with Gasteiger partial charge < -0.3 is 31.5 Å². The molecule has 11 nitrogen and oxygen atoms in total. The standard InChI is InChI=1S/C19H32N4O7S/c1-10(2)15(22-16(26)11(20)6-8-31-3)17(27)21-12(9-14(24)25)18(28)23-7-4-5-13(23)19(29)30/h10-13,15H,4-9,20H2,1-3H3,(H,21,27)(H,22,26)(H,24,25)(H,29,30). The Hall–Kier alpha value is -2.34. The molecule has 1 fully saturated rings. The maximum absolute atomic E-state index is 12.8. The number of nitrogens with one attached hydrogen (secondary N) is 2. The normalized spacial score (nSPS) is 18.9. The fraction of sp³-hybridized carbons (Fsp3) is 0.737. The monoisotopic (exact) mass is 460 g/mol. The summed E-state index contributed by atoms with van der Waals surface area (Å²) >= 11 is 1.53. The summed E-state index contributed by atoms with van der Waals surface area (Å²) in [5.74, 6) is -4.22. The summed E-state index contributed by atoms with van der Waals surface area (Å²) in [6.07, 6.45) is 2.32. The zero-order valence-corrected chi connectivity index (χ0v) is 18.8. The van der Waals surface area contributed by atoms with Crippen LogP contribution in [0.1, 0.15) is 39.5 Å². The van der Waals surface area contributed by atoms with Gasteiger partial charge >= 0.3 is 11.9 Å². The van der Waals surface area contributed by atoms with Crippen molar-refractivity contribution in [3.8, 4) is 0 Å². The number of carboxylic acids is 2. The molecule has 0 spiro atoms. The van der Waals surface area contributed by atoms with E-state index in [-0.39, 0.29) is 18.9 Å². The van der Waals surface area contributed by atoms with E-state index in [0.29, 0.717) is 18.6 Å². The molecule has 3 amide bonds. The van der Waals surface area contributed by atoms with Crippen LogP contribution in [0.5, 0.6) is 0 Å². The van der Waals surface area contributed by atoms with Gasteiger partial charge in [-0.05, 0) is 37.2 Å². The molecule has 1 heterocycles. The summed E-state index contributed by atoms with van der Waals surface area (Å²) in [6, 6.07) is -4.35. The number of carbonyl (C=O) groups excluding carboxylic acids is 3. The number of hydrogen-bond acceptors (Lipinski definition) is 7. The van der Waals surface area contributed by atoms with E-state index in [9.17, 15) is 34.2 Å². The van der Waals surface area contributed by atoms with Crippen LogP contribution in [0.25, 0.3) is 0 Å². The van der Waals surface area contributed by atoms with E-state index in [1.165, 1.54) is 11.8 Å². The second-order valence-electron chi connectivity index (χ2n) is 7.81. The number of carboxylic acid groups (broad SMARTS) is 2. The Kier molecular flexibility index (Phi) is 10.8. The summed E-state index contributed by atoms with van der Waals surface area (Å²) in [6.45, 7) is 3.54. The highest BCUT2D eigenvalue weighted by Gasteiger charge is 2.39. The molecule has 4 atom stereocenters. The van der Waals surface area contributed by atoms with Crippen molar-refractivity contribution in [2.24, 2.45) is 11.7 Å². The molecule has 6 N–H and O–H groups in total. The number of likely N-dealkylation sites (tertiary alicyclic amines) is 1. The zero-order chi connectivity index (χ0) is 23.7. The van der Waals surface area contributed by atoms with E-state index in [2.05, 4.69) is 10.6 Å². The molecule has 4 unspecified atom stereocenters. The van der Waals surface area contributed by atoms with Crippen molar-refractivity contribution in [3.05, 3.63) is 0 Å². The van der Waals surface area contributed by atoms with Crippen molar-refractivity contribution in [2.45, 2.75) is 63.7 Å². The Balaban J connectivity index is 2.94. The van der Waals surface area contributed by atoms with Gasteiger partial charge in [0.2, 0.25) is 17.7 Å². The lowest BCUT2D eigenvalue weighted by atomic mass is 10.0. The zero-order valence-electron chi connectivity index (χ0n) is 18.0. The molecule has 1 saturated heterocycles. The summed E-state index contributed by atoms with van der Waals surface area (Å²) < 4.78 is 0. The second kappa shape index (κ2) is 12.5. The van der Waals surface area contributed by atoms with Crippen molar-refractivity contribution in [2.75, 3.05) is 18.6 Å². The van der Waals surface area contributed by atoms with Crippen LogP contribution in [0.4, 0.5) is 0 Å². The number of thioether (sulfide) groups is 1. The van der Waals surface area contributed by atoms with Crippen LogP contribution in [0.3, 0.4) is 0 Å².